The maximum atomic E-state index is 5.54. The molecule has 0 aliphatic carbocycles. The predicted molar refractivity (Wildman–Crippen MR) is 111 cm³/mol. The molecule has 0 bridgehead atoms. The molecule has 4 aromatic rings. The van der Waals surface area contributed by atoms with Crippen molar-refractivity contribution in [1.29, 1.82) is 0 Å². The fourth-order valence-corrected chi connectivity index (χ4v) is 3.76. The van der Waals surface area contributed by atoms with E-state index in [-0.39, 0.29) is 0 Å². The first-order valence-electron chi connectivity index (χ1n) is 8.83. The summed E-state index contributed by atoms with van der Waals surface area (Å²) in [5.41, 5.74) is 4.28. The zero-order valence-corrected chi connectivity index (χ0v) is 16.0. The molecule has 3 aromatic carbocycles. The Kier molecular flexibility index (Phi) is 5.03. The van der Waals surface area contributed by atoms with Crippen molar-refractivity contribution >= 4 is 28.7 Å². The minimum absolute atomic E-state index is 0.707. The molecule has 0 spiro atoms. The highest BCUT2D eigenvalue weighted by Gasteiger charge is 2.12. The lowest BCUT2D eigenvalue weighted by molar-refractivity contribution is 0.404. The number of ether oxygens (including phenoxy) is 1. The fourth-order valence-electron chi connectivity index (χ4n) is 2.95. The number of nitrogens with one attached hydrogen (secondary N) is 1. The van der Waals surface area contributed by atoms with Crippen molar-refractivity contribution in [1.82, 2.24) is 5.16 Å². The van der Waals surface area contributed by atoms with Crippen LogP contribution in [0.5, 0.6) is 5.75 Å². The van der Waals surface area contributed by atoms with Crippen LogP contribution in [0.1, 0.15) is 12.5 Å². The largest absolute Gasteiger partial charge is 0.496 e. The first kappa shape index (κ1) is 17.5. The molecule has 1 aromatic heterocycles. The van der Waals surface area contributed by atoms with Gasteiger partial charge in [0.05, 0.1) is 17.4 Å². The Balaban J connectivity index is 1.58. The summed E-state index contributed by atoms with van der Waals surface area (Å²) in [6.07, 6.45) is 0.979. The van der Waals surface area contributed by atoms with Crippen LogP contribution in [0, 0.1) is 0 Å². The van der Waals surface area contributed by atoms with E-state index in [0.29, 0.717) is 5.82 Å². The van der Waals surface area contributed by atoms with Gasteiger partial charge in [0, 0.05) is 0 Å². The summed E-state index contributed by atoms with van der Waals surface area (Å²) in [5, 5.41) is 5.15. The number of anilines is 1. The molecule has 136 valence electrons. The van der Waals surface area contributed by atoms with Gasteiger partial charge >= 0.3 is 0 Å². The summed E-state index contributed by atoms with van der Waals surface area (Å²) in [6.45, 7) is 2.14. The molecule has 0 fully saturated rings. The Morgan fingerprint density at radius 3 is 2.63 bits per heavy atom. The molecule has 5 heteroatoms. The second-order valence-corrected chi connectivity index (χ2v) is 7.00. The molecule has 4 nitrogen and oxygen atoms in total. The quantitative estimate of drug-likeness (QED) is 0.407. The normalized spacial score (nSPS) is 10.9. The SMILES string of the molecule is CCc1ccc(OC)c(SNc2noc3cc(-c4ccccc4)ccc23)c1. The van der Waals surface area contributed by atoms with Crippen LogP contribution in [0.25, 0.3) is 22.1 Å². The molecule has 0 radical (unpaired) electrons. The molecule has 0 atom stereocenters. The molecule has 0 aliphatic heterocycles. The number of aromatic nitrogens is 1. The number of methoxy groups -OCH3 is 1. The average molecular weight is 376 g/mol. The highest BCUT2D eigenvalue weighted by Crippen LogP contribution is 2.34. The molecule has 4 rings (SSSR count). The molecule has 0 amide bonds. The minimum atomic E-state index is 0.707. The molecular weight excluding hydrogens is 356 g/mol. The Morgan fingerprint density at radius 2 is 1.85 bits per heavy atom. The highest BCUT2D eigenvalue weighted by molar-refractivity contribution is 8.00. The summed E-state index contributed by atoms with van der Waals surface area (Å²) in [6, 6.07) is 22.6. The molecular formula is C22H20N2O2S. The van der Waals surface area contributed by atoms with Crippen molar-refractivity contribution in [3.63, 3.8) is 0 Å². The first-order valence-corrected chi connectivity index (χ1v) is 9.64. The molecule has 0 saturated carbocycles. The standard InChI is InChI=1S/C22H20N2O2S/c1-3-15-9-12-19(25-2)21(13-15)27-24-22-18-11-10-17(14-20(18)26-23-22)16-7-5-4-6-8-16/h4-14H,3H2,1-2H3,(H,23,24). The Hall–Kier alpha value is -2.92. The second kappa shape index (κ2) is 7.76. The van der Waals surface area contributed by atoms with Crippen LogP contribution < -0.4 is 9.46 Å². The van der Waals surface area contributed by atoms with E-state index in [2.05, 4.69) is 47.1 Å². The van der Waals surface area contributed by atoms with E-state index < -0.39 is 0 Å². The van der Waals surface area contributed by atoms with Crippen molar-refractivity contribution in [2.45, 2.75) is 18.2 Å². The zero-order valence-electron chi connectivity index (χ0n) is 15.2. The first-order chi connectivity index (χ1) is 13.3. The summed E-state index contributed by atoms with van der Waals surface area (Å²) in [7, 11) is 1.68. The minimum Gasteiger partial charge on any atom is -0.496 e. The van der Waals surface area contributed by atoms with Crippen LogP contribution in [0.3, 0.4) is 0 Å². The van der Waals surface area contributed by atoms with Crippen LogP contribution >= 0.6 is 11.9 Å². The average Bonchev–Trinajstić information content (AvgIpc) is 3.14. The van der Waals surface area contributed by atoms with Crippen molar-refractivity contribution in [2.75, 3.05) is 11.8 Å². The van der Waals surface area contributed by atoms with Crippen molar-refractivity contribution in [3.05, 3.63) is 72.3 Å². The number of rotatable bonds is 6. The topological polar surface area (TPSA) is 47.3 Å². The van der Waals surface area contributed by atoms with Crippen LogP contribution in [0.15, 0.2) is 76.1 Å². The van der Waals surface area contributed by atoms with Crippen molar-refractivity contribution in [2.24, 2.45) is 0 Å². The third-order valence-corrected chi connectivity index (χ3v) is 5.31. The number of nitrogens with zero attached hydrogens (tertiary/aromatic N) is 1. The van der Waals surface area contributed by atoms with E-state index in [1.165, 1.54) is 17.5 Å². The van der Waals surface area contributed by atoms with E-state index in [9.17, 15) is 0 Å². The van der Waals surface area contributed by atoms with Crippen molar-refractivity contribution < 1.29 is 9.26 Å². The van der Waals surface area contributed by atoms with Gasteiger partial charge in [-0.05, 0) is 59.3 Å². The molecule has 0 aliphatic rings. The number of benzene rings is 3. The van der Waals surface area contributed by atoms with Gasteiger partial charge in [0.1, 0.15) is 5.75 Å². The smallest absolute Gasteiger partial charge is 0.187 e. The lowest BCUT2D eigenvalue weighted by Gasteiger charge is -2.10. The van der Waals surface area contributed by atoms with Gasteiger partial charge in [0.25, 0.3) is 0 Å². The summed E-state index contributed by atoms with van der Waals surface area (Å²) in [5.74, 6) is 1.54. The number of hydrogen-bond acceptors (Lipinski definition) is 5. The monoisotopic (exact) mass is 376 g/mol. The molecule has 1 N–H and O–H groups in total. The molecule has 0 unspecified atom stereocenters. The number of fused-ring (bicyclic) bond motifs is 1. The third-order valence-electron chi connectivity index (χ3n) is 4.47. The second-order valence-electron chi connectivity index (χ2n) is 6.15. The van der Waals surface area contributed by atoms with Gasteiger partial charge < -0.3 is 14.0 Å². The zero-order chi connectivity index (χ0) is 18.6. The van der Waals surface area contributed by atoms with Gasteiger partial charge in [-0.25, -0.2) is 0 Å². The van der Waals surface area contributed by atoms with E-state index >= 15 is 0 Å². The van der Waals surface area contributed by atoms with Crippen LogP contribution in [0.4, 0.5) is 5.82 Å². The Labute approximate surface area is 162 Å². The van der Waals surface area contributed by atoms with Gasteiger partial charge in [-0.2, -0.15) is 0 Å². The molecule has 0 saturated heterocycles. The van der Waals surface area contributed by atoms with Gasteiger partial charge in [0.15, 0.2) is 11.4 Å². The van der Waals surface area contributed by atoms with E-state index in [4.69, 9.17) is 9.26 Å². The molecule has 27 heavy (non-hydrogen) atoms. The lowest BCUT2D eigenvalue weighted by atomic mass is 10.0. The van der Waals surface area contributed by atoms with Crippen LogP contribution in [0.2, 0.25) is 0 Å². The summed E-state index contributed by atoms with van der Waals surface area (Å²) >= 11 is 1.48. The summed E-state index contributed by atoms with van der Waals surface area (Å²) < 4.78 is 14.3. The van der Waals surface area contributed by atoms with Gasteiger partial charge in [-0.1, -0.05) is 54.5 Å². The Morgan fingerprint density at radius 1 is 1.00 bits per heavy atom. The van der Waals surface area contributed by atoms with Gasteiger partial charge in [-0.15, -0.1) is 0 Å². The third kappa shape index (κ3) is 3.64. The summed E-state index contributed by atoms with van der Waals surface area (Å²) in [4.78, 5) is 1.02. The number of aryl methyl sites for hydroxylation is 1. The van der Waals surface area contributed by atoms with E-state index in [1.54, 1.807) is 7.11 Å². The maximum absolute atomic E-state index is 5.54. The fraction of sp³-hybridized carbons (Fsp3) is 0.136. The number of hydrogen-bond donors (Lipinski definition) is 1. The van der Waals surface area contributed by atoms with Crippen LogP contribution in [-0.4, -0.2) is 12.3 Å². The van der Waals surface area contributed by atoms with E-state index in [1.807, 2.05) is 36.4 Å². The van der Waals surface area contributed by atoms with Crippen molar-refractivity contribution in [3.8, 4) is 16.9 Å². The lowest BCUT2D eigenvalue weighted by Crippen LogP contribution is -1.93. The van der Waals surface area contributed by atoms with Crippen LogP contribution in [-0.2, 0) is 6.42 Å². The van der Waals surface area contributed by atoms with E-state index in [0.717, 1.165) is 39.2 Å². The maximum Gasteiger partial charge on any atom is 0.187 e. The highest BCUT2D eigenvalue weighted by atomic mass is 32.2. The Bertz CT molecular complexity index is 1060. The predicted octanol–water partition coefficient (Wildman–Crippen LogP) is 6.19. The van der Waals surface area contributed by atoms with Gasteiger partial charge in [-0.3, -0.25) is 0 Å². The molecule has 1 heterocycles. The van der Waals surface area contributed by atoms with Gasteiger partial charge in [0.2, 0.25) is 0 Å².